The summed E-state index contributed by atoms with van der Waals surface area (Å²) in [4.78, 5) is 17.1. The lowest BCUT2D eigenvalue weighted by Crippen LogP contribution is -2.72. The van der Waals surface area contributed by atoms with Crippen molar-refractivity contribution in [3.05, 3.63) is 36.6 Å². The van der Waals surface area contributed by atoms with Crippen LogP contribution in [0.2, 0.25) is 0 Å². The Morgan fingerprint density at radius 1 is 1.17 bits per heavy atom. The van der Waals surface area contributed by atoms with Gasteiger partial charge in [0.15, 0.2) is 0 Å². The molecule has 128 valence electrons. The molecule has 4 heteroatoms. The van der Waals surface area contributed by atoms with Crippen LogP contribution in [0.5, 0.6) is 0 Å². The number of carbonyl (C=O) groups is 1. The van der Waals surface area contributed by atoms with E-state index in [0.717, 1.165) is 19.5 Å². The molecular formula is C19H30N2O2. The SMILES string of the molecule is C=C(/C=C\C(=C)C(=O)N1C2CC1CN(C(C)(C)C)C2)OC(C)C. The lowest BCUT2D eigenvalue weighted by molar-refractivity contribution is -0.153. The topological polar surface area (TPSA) is 32.8 Å². The van der Waals surface area contributed by atoms with E-state index in [0.29, 0.717) is 23.4 Å². The molecule has 0 spiro atoms. The Morgan fingerprint density at radius 3 is 2.22 bits per heavy atom. The molecule has 2 bridgehead atoms. The number of nitrogens with zero attached hydrogens (tertiary/aromatic N) is 2. The van der Waals surface area contributed by atoms with Crippen LogP contribution in [0, 0.1) is 0 Å². The van der Waals surface area contributed by atoms with Crippen LogP contribution in [-0.2, 0) is 9.53 Å². The van der Waals surface area contributed by atoms with Gasteiger partial charge in [0.05, 0.1) is 6.10 Å². The van der Waals surface area contributed by atoms with E-state index < -0.39 is 0 Å². The van der Waals surface area contributed by atoms with Gasteiger partial charge in [0.1, 0.15) is 5.76 Å². The molecule has 23 heavy (non-hydrogen) atoms. The fourth-order valence-electron chi connectivity index (χ4n) is 3.26. The minimum Gasteiger partial charge on any atom is -0.492 e. The number of hydrogen-bond acceptors (Lipinski definition) is 3. The van der Waals surface area contributed by atoms with Crippen LogP contribution in [-0.4, -0.2) is 52.5 Å². The highest BCUT2D eigenvalue weighted by atomic mass is 16.5. The van der Waals surface area contributed by atoms with E-state index >= 15 is 0 Å². The number of ether oxygens (including phenoxy) is 1. The van der Waals surface area contributed by atoms with E-state index in [4.69, 9.17) is 4.74 Å². The summed E-state index contributed by atoms with van der Waals surface area (Å²) in [7, 11) is 0. The number of fused-ring (bicyclic) bond motifs is 2. The van der Waals surface area contributed by atoms with Crippen LogP contribution >= 0.6 is 0 Å². The molecule has 2 atom stereocenters. The smallest absolute Gasteiger partial charge is 0.253 e. The van der Waals surface area contributed by atoms with Gasteiger partial charge in [-0.1, -0.05) is 13.2 Å². The van der Waals surface area contributed by atoms with Crippen LogP contribution in [0.15, 0.2) is 36.6 Å². The summed E-state index contributed by atoms with van der Waals surface area (Å²) >= 11 is 0. The first-order valence-electron chi connectivity index (χ1n) is 8.40. The van der Waals surface area contributed by atoms with E-state index in [-0.39, 0.29) is 17.6 Å². The normalized spacial score (nSPS) is 24.7. The molecule has 0 saturated carbocycles. The van der Waals surface area contributed by atoms with Crippen molar-refractivity contribution >= 4 is 5.91 Å². The predicted molar refractivity (Wildman–Crippen MR) is 94.0 cm³/mol. The summed E-state index contributed by atoms with van der Waals surface area (Å²) in [5.74, 6) is 0.588. The average molecular weight is 318 g/mol. The van der Waals surface area contributed by atoms with E-state index in [1.54, 1.807) is 12.2 Å². The molecule has 0 aliphatic carbocycles. The number of hydrogen-bond donors (Lipinski definition) is 0. The number of allylic oxidation sites excluding steroid dienone is 1. The van der Waals surface area contributed by atoms with Crippen molar-refractivity contribution in [3.63, 3.8) is 0 Å². The van der Waals surface area contributed by atoms with Crippen LogP contribution in [0.4, 0.5) is 0 Å². The Kier molecular flexibility index (Phi) is 5.04. The molecule has 3 aliphatic heterocycles. The molecule has 0 N–H and O–H groups in total. The molecule has 0 radical (unpaired) electrons. The highest BCUT2D eigenvalue weighted by molar-refractivity contribution is 5.96. The van der Waals surface area contributed by atoms with Gasteiger partial charge in [0.2, 0.25) is 0 Å². The zero-order chi connectivity index (χ0) is 17.4. The molecule has 0 aromatic rings. The maximum absolute atomic E-state index is 12.6. The Balaban J connectivity index is 1.92. The van der Waals surface area contributed by atoms with Crippen molar-refractivity contribution in [1.82, 2.24) is 9.80 Å². The molecule has 4 nitrogen and oxygen atoms in total. The van der Waals surface area contributed by atoms with Crippen molar-refractivity contribution in [2.24, 2.45) is 0 Å². The van der Waals surface area contributed by atoms with Gasteiger partial charge in [-0.25, -0.2) is 0 Å². The Bertz CT molecular complexity index is 516. The minimum atomic E-state index is 0.0356. The number of piperazine rings is 1. The second-order valence-corrected chi connectivity index (χ2v) is 7.82. The van der Waals surface area contributed by atoms with Gasteiger partial charge in [-0.3, -0.25) is 9.69 Å². The fraction of sp³-hybridized carbons (Fsp3) is 0.632. The zero-order valence-corrected chi connectivity index (χ0v) is 15.1. The van der Waals surface area contributed by atoms with Gasteiger partial charge in [0, 0.05) is 36.3 Å². The predicted octanol–water partition coefficient (Wildman–Crippen LogP) is 3.12. The van der Waals surface area contributed by atoms with Gasteiger partial charge in [0.25, 0.3) is 5.91 Å². The maximum Gasteiger partial charge on any atom is 0.253 e. The van der Waals surface area contributed by atoms with Crippen LogP contribution in [0.3, 0.4) is 0 Å². The van der Waals surface area contributed by atoms with Crippen molar-refractivity contribution in [3.8, 4) is 0 Å². The Labute approximate surface area is 140 Å². The van der Waals surface area contributed by atoms with Gasteiger partial charge in [-0.05, 0) is 53.2 Å². The second-order valence-electron chi connectivity index (χ2n) is 7.82. The number of carbonyl (C=O) groups excluding carboxylic acids is 1. The summed E-state index contributed by atoms with van der Waals surface area (Å²) in [5.41, 5.74) is 0.659. The van der Waals surface area contributed by atoms with Crippen LogP contribution < -0.4 is 0 Å². The lowest BCUT2D eigenvalue weighted by atomic mass is 9.84. The molecule has 0 aromatic heterocycles. The third-order valence-electron chi connectivity index (χ3n) is 4.51. The van der Waals surface area contributed by atoms with E-state index in [2.05, 4.69) is 38.8 Å². The molecule has 3 saturated heterocycles. The highest BCUT2D eigenvalue weighted by Crippen LogP contribution is 2.36. The average Bonchev–Trinajstić information content (AvgIpc) is 2.43. The number of rotatable bonds is 5. The molecule has 0 aromatic carbocycles. The maximum atomic E-state index is 12.6. The monoisotopic (exact) mass is 318 g/mol. The third-order valence-corrected chi connectivity index (χ3v) is 4.51. The summed E-state index contributed by atoms with van der Waals surface area (Å²) in [6.07, 6.45) is 4.62. The quantitative estimate of drug-likeness (QED) is 0.443. The van der Waals surface area contributed by atoms with Crippen molar-refractivity contribution in [2.45, 2.75) is 64.8 Å². The first kappa shape index (κ1) is 17.8. The first-order chi connectivity index (χ1) is 10.6. The van der Waals surface area contributed by atoms with Gasteiger partial charge in [-0.2, -0.15) is 0 Å². The summed E-state index contributed by atoms with van der Waals surface area (Å²) < 4.78 is 5.45. The molecule has 1 amide bonds. The summed E-state index contributed by atoms with van der Waals surface area (Å²) in [5, 5.41) is 0. The van der Waals surface area contributed by atoms with Gasteiger partial charge < -0.3 is 9.64 Å². The lowest BCUT2D eigenvalue weighted by Gasteiger charge is -2.59. The largest absolute Gasteiger partial charge is 0.492 e. The van der Waals surface area contributed by atoms with Crippen LogP contribution in [0.1, 0.15) is 41.0 Å². The molecule has 2 unspecified atom stereocenters. The van der Waals surface area contributed by atoms with E-state index in [1.807, 2.05) is 18.7 Å². The van der Waals surface area contributed by atoms with Gasteiger partial charge in [-0.15, -0.1) is 0 Å². The summed E-state index contributed by atoms with van der Waals surface area (Å²) in [6, 6.07) is 0.640. The molecule has 3 fully saturated rings. The van der Waals surface area contributed by atoms with Crippen molar-refractivity contribution in [1.29, 1.82) is 0 Å². The summed E-state index contributed by atoms with van der Waals surface area (Å²) in [6.45, 7) is 20.2. The third kappa shape index (κ3) is 4.05. The number of piperidine rings is 1. The Morgan fingerprint density at radius 2 is 1.74 bits per heavy atom. The minimum absolute atomic E-state index is 0.0356. The molecular weight excluding hydrogens is 288 g/mol. The van der Waals surface area contributed by atoms with Crippen molar-refractivity contribution < 1.29 is 9.53 Å². The molecule has 3 heterocycles. The van der Waals surface area contributed by atoms with Crippen molar-refractivity contribution in [2.75, 3.05) is 13.1 Å². The zero-order valence-electron chi connectivity index (χ0n) is 15.1. The van der Waals surface area contributed by atoms with E-state index in [9.17, 15) is 4.79 Å². The van der Waals surface area contributed by atoms with Crippen LogP contribution in [0.25, 0.3) is 0 Å². The van der Waals surface area contributed by atoms with E-state index in [1.165, 1.54) is 0 Å². The molecule has 3 aliphatic rings. The molecule has 3 rings (SSSR count). The first-order valence-corrected chi connectivity index (χ1v) is 8.40. The fourth-order valence-corrected chi connectivity index (χ4v) is 3.26. The Hall–Kier alpha value is -1.55. The second kappa shape index (κ2) is 6.52. The standard InChI is InChI=1S/C19H30N2O2/c1-13(2)23-15(4)9-8-14(3)18(22)21-16-10-17(21)12-20(11-16)19(5,6)7/h8-9,13,16-17H,3-4,10-12H2,1-2,5-7H3/b9-8-. The highest BCUT2D eigenvalue weighted by Gasteiger charge is 2.49. The van der Waals surface area contributed by atoms with Gasteiger partial charge >= 0.3 is 0 Å². The number of amides is 1.